The SMILES string of the molecule is COc1cc(-c2oc3c(OC)c(O)c(OC)c(O)c3c(=O)c2O[C@@H]2O[C@H](CO)[C@H](O)[C@H](O[C@H]3OC[C@@H](O)[C@@H](O)[C@H]3O)[C@H]2O)ccc1O. The molecule has 0 unspecified atom stereocenters. The summed E-state index contributed by atoms with van der Waals surface area (Å²) < 4.78 is 43.7. The van der Waals surface area contributed by atoms with Crippen molar-refractivity contribution in [3.05, 3.63) is 28.4 Å². The van der Waals surface area contributed by atoms with Gasteiger partial charge in [-0.3, -0.25) is 4.79 Å². The zero-order chi connectivity index (χ0) is 34.3. The first kappa shape index (κ1) is 34.2. The highest BCUT2D eigenvalue weighted by Crippen LogP contribution is 2.51. The molecule has 5 rings (SSSR count). The zero-order valence-corrected chi connectivity index (χ0v) is 25.0. The lowest BCUT2D eigenvalue weighted by molar-refractivity contribution is -0.339. The van der Waals surface area contributed by atoms with Gasteiger partial charge in [0.15, 0.2) is 34.9 Å². The summed E-state index contributed by atoms with van der Waals surface area (Å²) in [6.45, 7) is -1.32. The lowest BCUT2D eigenvalue weighted by Crippen LogP contribution is -2.64. The van der Waals surface area contributed by atoms with Gasteiger partial charge in [-0.25, -0.2) is 0 Å². The number of methoxy groups -OCH3 is 3. The molecule has 1 aromatic heterocycles. The molecular formula is C29H34O18. The van der Waals surface area contributed by atoms with Gasteiger partial charge < -0.3 is 83.5 Å². The molecular weight excluding hydrogens is 636 g/mol. The molecule has 3 heterocycles. The third-order valence-electron chi connectivity index (χ3n) is 7.81. The maximum absolute atomic E-state index is 14.1. The van der Waals surface area contributed by atoms with Crippen molar-refractivity contribution in [2.75, 3.05) is 34.5 Å². The first-order chi connectivity index (χ1) is 22.4. The van der Waals surface area contributed by atoms with Crippen LogP contribution < -0.4 is 24.4 Å². The average molecular weight is 671 g/mol. The van der Waals surface area contributed by atoms with Crippen LogP contribution in [0.2, 0.25) is 0 Å². The highest BCUT2D eigenvalue weighted by molar-refractivity contribution is 5.96. The van der Waals surface area contributed by atoms with Crippen LogP contribution in [-0.2, 0) is 14.2 Å². The monoisotopic (exact) mass is 670 g/mol. The lowest BCUT2D eigenvalue weighted by Gasteiger charge is -2.44. The van der Waals surface area contributed by atoms with Crippen molar-refractivity contribution in [2.45, 2.75) is 55.3 Å². The number of phenolic OH excluding ortho intramolecular Hbond substituents is 3. The van der Waals surface area contributed by atoms with E-state index in [1.807, 2.05) is 0 Å². The molecule has 0 amide bonds. The standard InChI is InChI=1S/C29H34O18/c1-40-12-6-9(4-5-10(12)31)22-27(18(36)14-17(35)24(41-2)20(38)26(42-3)23(14)45-22)47-29-21(39)25(16(34)13(7-30)44-29)46-28-19(37)15(33)11(32)8-43-28/h4-6,11,13,15-16,19,21,25,28-35,37-39H,7-8H2,1-3H3/t11-,13-,15-,16+,19-,21-,25+,28-,29+/m1/s1. The fourth-order valence-electron chi connectivity index (χ4n) is 5.31. The molecule has 258 valence electrons. The van der Waals surface area contributed by atoms with Crippen LogP contribution in [0.25, 0.3) is 22.3 Å². The Morgan fingerprint density at radius 3 is 2.17 bits per heavy atom. The molecule has 9 atom stereocenters. The summed E-state index contributed by atoms with van der Waals surface area (Å²) in [4.78, 5) is 14.1. The van der Waals surface area contributed by atoms with E-state index >= 15 is 0 Å². The van der Waals surface area contributed by atoms with Crippen molar-refractivity contribution in [3.8, 4) is 51.6 Å². The van der Waals surface area contributed by atoms with Gasteiger partial charge in [0.1, 0.15) is 48.1 Å². The molecule has 2 saturated heterocycles. The highest BCUT2D eigenvalue weighted by atomic mass is 16.7. The predicted molar refractivity (Wildman–Crippen MR) is 154 cm³/mol. The largest absolute Gasteiger partial charge is 0.504 e. The van der Waals surface area contributed by atoms with Crippen molar-refractivity contribution in [2.24, 2.45) is 0 Å². The van der Waals surface area contributed by atoms with Crippen molar-refractivity contribution in [1.82, 2.24) is 0 Å². The number of rotatable bonds is 9. The summed E-state index contributed by atoms with van der Waals surface area (Å²) in [7, 11) is 3.52. The van der Waals surface area contributed by atoms with Crippen molar-refractivity contribution < 1.29 is 83.5 Å². The van der Waals surface area contributed by atoms with Gasteiger partial charge >= 0.3 is 0 Å². The summed E-state index contributed by atoms with van der Waals surface area (Å²) in [5.74, 6) is -4.01. The summed E-state index contributed by atoms with van der Waals surface area (Å²) in [6, 6.07) is 3.77. The predicted octanol–water partition coefficient (Wildman–Crippen LogP) is -1.76. The molecule has 9 N–H and O–H groups in total. The third-order valence-corrected chi connectivity index (χ3v) is 7.81. The Morgan fingerprint density at radius 1 is 0.830 bits per heavy atom. The number of fused-ring (bicyclic) bond motifs is 1. The smallest absolute Gasteiger partial charge is 0.239 e. The summed E-state index contributed by atoms with van der Waals surface area (Å²) in [5.41, 5.74) is -1.53. The van der Waals surface area contributed by atoms with Crippen LogP contribution >= 0.6 is 0 Å². The van der Waals surface area contributed by atoms with E-state index in [2.05, 4.69) is 0 Å². The Bertz CT molecular complexity index is 1660. The number of ether oxygens (including phenoxy) is 7. The van der Waals surface area contributed by atoms with E-state index in [9.17, 15) is 50.8 Å². The molecule has 0 radical (unpaired) electrons. The Hall–Kier alpha value is -4.11. The molecule has 3 aromatic rings. The highest BCUT2D eigenvalue weighted by Gasteiger charge is 2.50. The Balaban J connectivity index is 1.65. The van der Waals surface area contributed by atoms with Gasteiger partial charge in [-0.05, 0) is 18.2 Å². The number of hydrogen-bond acceptors (Lipinski definition) is 18. The Morgan fingerprint density at radius 2 is 1.53 bits per heavy atom. The topological polar surface area (TPSA) is 277 Å². The second kappa shape index (κ2) is 13.6. The van der Waals surface area contributed by atoms with Crippen LogP contribution in [0.4, 0.5) is 0 Å². The third kappa shape index (κ3) is 5.94. The second-order valence-corrected chi connectivity index (χ2v) is 10.6. The van der Waals surface area contributed by atoms with Crippen LogP contribution in [0.1, 0.15) is 0 Å². The van der Waals surface area contributed by atoms with E-state index in [4.69, 9.17) is 37.6 Å². The van der Waals surface area contributed by atoms with Crippen LogP contribution in [0.3, 0.4) is 0 Å². The van der Waals surface area contributed by atoms with Crippen LogP contribution in [0.5, 0.6) is 40.2 Å². The van der Waals surface area contributed by atoms with E-state index in [1.54, 1.807) is 0 Å². The molecule has 2 aliphatic heterocycles. The van der Waals surface area contributed by atoms with Gasteiger partial charge in [0.2, 0.25) is 34.7 Å². The quantitative estimate of drug-likeness (QED) is 0.122. The fourth-order valence-corrected chi connectivity index (χ4v) is 5.31. The Kier molecular flexibility index (Phi) is 9.87. The molecule has 0 aliphatic carbocycles. The van der Waals surface area contributed by atoms with Crippen LogP contribution in [0.15, 0.2) is 27.4 Å². The molecule has 0 spiro atoms. The Labute approximate surface area is 264 Å². The molecule has 18 heteroatoms. The summed E-state index contributed by atoms with van der Waals surface area (Å²) >= 11 is 0. The molecule has 0 bridgehead atoms. The number of hydrogen-bond donors (Lipinski definition) is 9. The van der Waals surface area contributed by atoms with E-state index < -0.39 is 119 Å². The van der Waals surface area contributed by atoms with Crippen LogP contribution in [-0.4, -0.2) is 136 Å². The molecule has 2 aromatic carbocycles. The van der Waals surface area contributed by atoms with Gasteiger partial charge in [0.05, 0.1) is 34.5 Å². The summed E-state index contributed by atoms with van der Waals surface area (Å²) in [6.07, 6.45) is -15.6. The lowest BCUT2D eigenvalue weighted by atomic mass is 9.98. The number of benzene rings is 2. The minimum Gasteiger partial charge on any atom is -0.504 e. The van der Waals surface area contributed by atoms with Crippen molar-refractivity contribution >= 4 is 11.0 Å². The summed E-state index contributed by atoms with van der Waals surface area (Å²) in [5, 5.41) is 93.4. The normalized spacial score (nSPS) is 29.4. The van der Waals surface area contributed by atoms with E-state index in [0.29, 0.717) is 0 Å². The zero-order valence-electron chi connectivity index (χ0n) is 25.0. The number of aliphatic hydroxyl groups excluding tert-OH is 6. The first-order valence-electron chi connectivity index (χ1n) is 14.0. The van der Waals surface area contributed by atoms with Gasteiger partial charge in [0.25, 0.3) is 0 Å². The maximum atomic E-state index is 14.1. The molecule has 2 aliphatic rings. The fraction of sp³-hybridized carbons (Fsp3) is 0.483. The second-order valence-electron chi connectivity index (χ2n) is 10.6. The molecule has 0 saturated carbocycles. The van der Waals surface area contributed by atoms with Crippen LogP contribution in [0, 0.1) is 0 Å². The van der Waals surface area contributed by atoms with E-state index in [0.717, 1.165) is 14.2 Å². The van der Waals surface area contributed by atoms with E-state index in [1.165, 1.54) is 25.3 Å². The first-order valence-corrected chi connectivity index (χ1v) is 14.0. The van der Waals surface area contributed by atoms with Gasteiger partial charge in [-0.15, -0.1) is 0 Å². The van der Waals surface area contributed by atoms with E-state index in [-0.39, 0.29) is 17.1 Å². The minimum absolute atomic E-state index is 0.0358. The minimum atomic E-state index is -2.00. The van der Waals surface area contributed by atoms with Crippen molar-refractivity contribution in [3.63, 3.8) is 0 Å². The molecule has 18 nitrogen and oxygen atoms in total. The number of aromatic hydroxyl groups is 3. The van der Waals surface area contributed by atoms with Gasteiger partial charge in [-0.1, -0.05) is 0 Å². The van der Waals surface area contributed by atoms with Gasteiger partial charge in [-0.2, -0.15) is 0 Å². The number of phenols is 3. The maximum Gasteiger partial charge on any atom is 0.239 e. The molecule has 47 heavy (non-hydrogen) atoms. The van der Waals surface area contributed by atoms with Crippen molar-refractivity contribution in [1.29, 1.82) is 0 Å². The van der Waals surface area contributed by atoms with Gasteiger partial charge in [0, 0.05) is 5.56 Å². The molecule has 2 fully saturated rings. The average Bonchev–Trinajstić information content (AvgIpc) is 3.05. The number of aliphatic hydroxyl groups is 6.